The molecule has 1 atom stereocenters. The molecular formula is C23H24N2O3. The van der Waals surface area contributed by atoms with Crippen LogP contribution in [0.4, 0.5) is 5.69 Å². The summed E-state index contributed by atoms with van der Waals surface area (Å²) in [4.78, 5) is 40.1. The van der Waals surface area contributed by atoms with Crippen molar-refractivity contribution in [2.75, 3.05) is 25.0 Å². The molecule has 2 aromatic rings. The van der Waals surface area contributed by atoms with Gasteiger partial charge in [0.05, 0.1) is 6.54 Å². The third-order valence-electron chi connectivity index (χ3n) is 5.76. The van der Waals surface area contributed by atoms with Crippen molar-refractivity contribution in [1.29, 1.82) is 0 Å². The maximum absolute atomic E-state index is 12.8. The van der Waals surface area contributed by atoms with Crippen LogP contribution in [0.5, 0.6) is 0 Å². The number of nitrogens with zero attached hydrogens (tertiary/aromatic N) is 1. The van der Waals surface area contributed by atoms with Crippen LogP contribution in [0.1, 0.15) is 58.0 Å². The number of likely N-dealkylation sites (tertiary alicyclic amines) is 1. The molecule has 1 aliphatic heterocycles. The van der Waals surface area contributed by atoms with Gasteiger partial charge in [0.25, 0.3) is 0 Å². The number of fused-ring (bicyclic) bond motifs is 2. The van der Waals surface area contributed by atoms with Gasteiger partial charge < -0.3 is 5.32 Å². The second-order valence-electron chi connectivity index (χ2n) is 7.66. The minimum atomic E-state index is -0.178. The summed E-state index contributed by atoms with van der Waals surface area (Å²) in [5.41, 5.74) is 2.15. The van der Waals surface area contributed by atoms with E-state index >= 15 is 0 Å². The van der Waals surface area contributed by atoms with Crippen molar-refractivity contribution in [1.82, 2.24) is 4.90 Å². The summed E-state index contributed by atoms with van der Waals surface area (Å²) in [6.07, 6.45) is 3.50. The van der Waals surface area contributed by atoms with Crippen LogP contribution in [0.15, 0.2) is 42.5 Å². The number of benzene rings is 2. The van der Waals surface area contributed by atoms with Crippen molar-refractivity contribution in [3.63, 3.8) is 0 Å². The largest absolute Gasteiger partial charge is 0.325 e. The second-order valence-corrected chi connectivity index (χ2v) is 7.66. The van der Waals surface area contributed by atoms with Crippen LogP contribution in [0.3, 0.4) is 0 Å². The summed E-state index contributed by atoms with van der Waals surface area (Å²) in [7, 11) is 0. The van der Waals surface area contributed by atoms with Gasteiger partial charge in [-0.3, -0.25) is 19.3 Å². The van der Waals surface area contributed by atoms with Crippen LogP contribution in [-0.2, 0) is 4.79 Å². The molecule has 28 heavy (non-hydrogen) atoms. The fraction of sp³-hybridized carbons (Fsp3) is 0.348. The lowest BCUT2D eigenvalue weighted by atomic mass is 9.84. The van der Waals surface area contributed by atoms with Crippen LogP contribution in [0.2, 0.25) is 0 Å². The molecule has 5 nitrogen and oxygen atoms in total. The van der Waals surface area contributed by atoms with E-state index in [2.05, 4.69) is 17.1 Å². The van der Waals surface area contributed by atoms with Gasteiger partial charge >= 0.3 is 0 Å². The molecule has 0 radical (unpaired) electrons. The SMILES string of the molecule is CCC1CCCN(CC(=O)Nc2ccc3c(c2)C(=O)c2ccccc2C3=O)C1. The van der Waals surface area contributed by atoms with Crippen molar-refractivity contribution in [3.05, 3.63) is 64.7 Å². The summed E-state index contributed by atoms with van der Waals surface area (Å²) < 4.78 is 0. The molecule has 4 rings (SSSR count). The van der Waals surface area contributed by atoms with Gasteiger partial charge in [-0.25, -0.2) is 0 Å². The van der Waals surface area contributed by atoms with Crippen molar-refractivity contribution >= 4 is 23.2 Å². The fourth-order valence-corrected chi connectivity index (χ4v) is 4.21. The number of hydrogen-bond donors (Lipinski definition) is 1. The summed E-state index contributed by atoms with van der Waals surface area (Å²) in [5.74, 6) is 0.241. The molecule has 0 spiro atoms. The maximum Gasteiger partial charge on any atom is 0.238 e. The first kappa shape index (κ1) is 18.6. The number of rotatable bonds is 4. The van der Waals surface area contributed by atoms with E-state index in [1.165, 1.54) is 6.42 Å². The first-order chi connectivity index (χ1) is 13.6. The highest BCUT2D eigenvalue weighted by Gasteiger charge is 2.29. The molecular weight excluding hydrogens is 352 g/mol. The van der Waals surface area contributed by atoms with Crippen molar-refractivity contribution in [3.8, 4) is 0 Å². The number of ketones is 2. The van der Waals surface area contributed by atoms with E-state index in [9.17, 15) is 14.4 Å². The highest BCUT2D eigenvalue weighted by atomic mass is 16.2. The Morgan fingerprint density at radius 3 is 2.43 bits per heavy atom. The normalized spacial score (nSPS) is 19.1. The Labute approximate surface area is 164 Å². The van der Waals surface area contributed by atoms with E-state index in [-0.39, 0.29) is 17.5 Å². The highest BCUT2D eigenvalue weighted by molar-refractivity contribution is 6.28. The second kappa shape index (κ2) is 7.68. The Balaban J connectivity index is 1.49. The molecule has 1 aliphatic carbocycles. The average molecular weight is 376 g/mol. The van der Waals surface area contributed by atoms with Gasteiger partial charge in [0.1, 0.15) is 0 Å². The van der Waals surface area contributed by atoms with E-state index in [0.29, 0.717) is 40.4 Å². The summed E-state index contributed by atoms with van der Waals surface area (Å²) in [5, 5.41) is 2.89. The molecule has 1 amide bonds. The minimum absolute atomic E-state index is 0.0910. The Bertz CT molecular complexity index is 951. The maximum atomic E-state index is 12.8. The molecule has 1 fully saturated rings. The van der Waals surface area contributed by atoms with Crippen molar-refractivity contribution in [2.45, 2.75) is 26.2 Å². The number of hydrogen-bond acceptors (Lipinski definition) is 4. The summed E-state index contributed by atoms with van der Waals surface area (Å²) in [6, 6.07) is 11.8. The molecule has 2 aliphatic rings. The fourth-order valence-electron chi connectivity index (χ4n) is 4.21. The number of anilines is 1. The topological polar surface area (TPSA) is 66.5 Å². The third-order valence-corrected chi connectivity index (χ3v) is 5.76. The number of piperidine rings is 1. The molecule has 2 aromatic carbocycles. The first-order valence-corrected chi connectivity index (χ1v) is 9.91. The molecule has 0 saturated carbocycles. The minimum Gasteiger partial charge on any atom is -0.325 e. The van der Waals surface area contributed by atoms with Crippen LogP contribution in [0, 0.1) is 5.92 Å². The zero-order valence-corrected chi connectivity index (χ0v) is 16.0. The summed E-state index contributed by atoms with van der Waals surface area (Å²) in [6.45, 7) is 4.44. The standard InChI is InChI=1S/C23H24N2O3/c1-2-15-6-5-11-25(13-15)14-21(26)24-16-9-10-19-20(12-16)23(28)18-8-4-3-7-17(18)22(19)27/h3-4,7-10,12,15H,2,5-6,11,13-14H2,1H3,(H,24,26). The van der Waals surface area contributed by atoms with Gasteiger partial charge in [-0.1, -0.05) is 37.6 Å². The lowest BCUT2D eigenvalue weighted by Crippen LogP contribution is -2.40. The van der Waals surface area contributed by atoms with Gasteiger partial charge in [-0.2, -0.15) is 0 Å². The number of carbonyl (C=O) groups is 3. The number of amides is 1. The highest BCUT2D eigenvalue weighted by Crippen LogP contribution is 2.29. The van der Waals surface area contributed by atoms with Crippen LogP contribution >= 0.6 is 0 Å². The molecule has 0 aromatic heterocycles. The van der Waals surface area contributed by atoms with Gasteiger partial charge in [0.15, 0.2) is 11.6 Å². The smallest absolute Gasteiger partial charge is 0.238 e. The summed E-state index contributed by atoms with van der Waals surface area (Å²) >= 11 is 0. The van der Waals surface area contributed by atoms with Crippen molar-refractivity contribution < 1.29 is 14.4 Å². The van der Waals surface area contributed by atoms with E-state index in [4.69, 9.17) is 0 Å². The van der Waals surface area contributed by atoms with E-state index < -0.39 is 0 Å². The quantitative estimate of drug-likeness (QED) is 0.757. The van der Waals surface area contributed by atoms with E-state index in [0.717, 1.165) is 25.9 Å². The zero-order valence-electron chi connectivity index (χ0n) is 16.0. The molecule has 1 heterocycles. The monoisotopic (exact) mass is 376 g/mol. The van der Waals surface area contributed by atoms with Crippen LogP contribution in [0.25, 0.3) is 0 Å². The predicted octanol–water partition coefficient (Wildman–Crippen LogP) is 3.52. The zero-order chi connectivity index (χ0) is 19.7. The van der Waals surface area contributed by atoms with Gasteiger partial charge in [0, 0.05) is 34.5 Å². The third kappa shape index (κ3) is 3.50. The molecule has 1 N–H and O–H groups in total. The Morgan fingerprint density at radius 1 is 1.04 bits per heavy atom. The Hall–Kier alpha value is -2.79. The molecule has 5 heteroatoms. The average Bonchev–Trinajstić information content (AvgIpc) is 2.72. The Morgan fingerprint density at radius 2 is 1.71 bits per heavy atom. The van der Waals surface area contributed by atoms with Gasteiger partial charge in [-0.15, -0.1) is 0 Å². The van der Waals surface area contributed by atoms with Crippen LogP contribution < -0.4 is 5.32 Å². The van der Waals surface area contributed by atoms with E-state index in [1.807, 2.05) is 0 Å². The lowest BCUT2D eigenvalue weighted by molar-refractivity contribution is -0.117. The lowest BCUT2D eigenvalue weighted by Gasteiger charge is -2.31. The predicted molar refractivity (Wildman–Crippen MR) is 108 cm³/mol. The van der Waals surface area contributed by atoms with Crippen LogP contribution in [-0.4, -0.2) is 42.0 Å². The number of nitrogens with one attached hydrogen (secondary N) is 1. The first-order valence-electron chi connectivity index (χ1n) is 9.91. The van der Waals surface area contributed by atoms with Gasteiger partial charge in [-0.05, 0) is 43.5 Å². The Kier molecular flexibility index (Phi) is 5.09. The van der Waals surface area contributed by atoms with Crippen molar-refractivity contribution in [2.24, 2.45) is 5.92 Å². The molecule has 144 valence electrons. The molecule has 1 saturated heterocycles. The number of carbonyl (C=O) groups excluding carboxylic acids is 3. The molecule has 1 unspecified atom stereocenters. The van der Waals surface area contributed by atoms with E-state index in [1.54, 1.807) is 42.5 Å². The van der Waals surface area contributed by atoms with Gasteiger partial charge in [0.2, 0.25) is 5.91 Å². The molecule has 0 bridgehead atoms.